The molecule has 0 radical (unpaired) electrons. The molecule has 0 fully saturated rings. The highest BCUT2D eigenvalue weighted by molar-refractivity contribution is 5.81. The number of nitrogens with zero attached hydrogens (tertiary/aromatic N) is 1. The van der Waals surface area contributed by atoms with E-state index in [1.807, 2.05) is 20.8 Å². The van der Waals surface area contributed by atoms with Crippen molar-refractivity contribution in [3.8, 4) is 12.3 Å². The predicted molar refractivity (Wildman–Crippen MR) is 68.6 cm³/mol. The molecule has 6 nitrogen and oxygen atoms in total. The normalized spacial score (nSPS) is 11.6. The summed E-state index contributed by atoms with van der Waals surface area (Å²) in [5.41, 5.74) is -0.161. The first-order valence-corrected chi connectivity index (χ1v) is 5.34. The molecule has 0 rings (SSSR count). The summed E-state index contributed by atoms with van der Waals surface area (Å²) in [4.78, 5) is 25.0. The number of carbonyl (C=O) groups excluding carboxylic acids is 1. The third-order valence-electron chi connectivity index (χ3n) is 1.81. The number of carboxylic acid groups (broad SMARTS) is 1. The number of hydroxylamine groups is 2. The lowest BCUT2D eigenvalue weighted by atomic mass is 10.1. The van der Waals surface area contributed by atoms with Crippen molar-refractivity contribution in [1.29, 1.82) is 0 Å². The first kappa shape index (κ1) is 18.8. The number of carbonyl (C=O) groups is 2. The topological polar surface area (TPSA) is 78.9 Å². The molecular formula is C12H22N2O4. The summed E-state index contributed by atoms with van der Waals surface area (Å²) in [5.74, 6) is 2.32. The Morgan fingerprint density at radius 1 is 1.61 bits per heavy atom. The monoisotopic (exact) mass is 258 g/mol. The first-order chi connectivity index (χ1) is 8.23. The lowest BCUT2D eigenvalue weighted by Crippen LogP contribution is -2.51. The summed E-state index contributed by atoms with van der Waals surface area (Å²) in [6, 6.07) is -0.403. The Morgan fingerprint density at radius 2 is 2.06 bits per heavy atom. The molecule has 0 heterocycles. The van der Waals surface area contributed by atoms with E-state index in [4.69, 9.17) is 21.2 Å². The largest absolute Gasteiger partial charge is 0.483 e. The standard InChI is InChI=1S/C11H20N2O2.CH2O2/c1-7-8-9(12-11(2,3)4)10(14)13(5)15-6;2-1-3/h1,9,12H,8H2,2-6H3;1H,(H,2,3). The molecule has 0 aliphatic heterocycles. The highest BCUT2D eigenvalue weighted by atomic mass is 16.7. The van der Waals surface area contributed by atoms with Crippen molar-refractivity contribution >= 4 is 12.4 Å². The van der Waals surface area contributed by atoms with Crippen LogP contribution in [0.4, 0.5) is 0 Å². The fourth-order valence-electron chi connectivity index (χ4n) is 1.15. The van der Waals surface area contributed by atoms with Crippen molar-refractivity contribution in [2.24, 2.45) is 0 Å². The van der Waals surface area contributed by atoms with Crippen LogP contribution in [0.15, 0.2) is 0 Å². The maximum atomic E-state index is 11.8. The maximum Gasteiger partial charge on any atom is 0.290 e. The third-order valence-corrected chi connectivity index (χ3v) is 1.81. The van der Waals surface area contributed by atoms with Crippen LogP contribution in [0.25, 0.3) is 0 Å². The molecule has 6 heteroatoms. The Bertz CT molecular complexity index is 291. The van der Waals surface area contributed by atoms with Gasteiger partial charge in [0.2, 0.25) is 0 Å². The van der Waals surface area contributed by atoms with Gasteiger partial charge in [0.25, 0.3) is 12.4 Å². The van der Waals surface area contributed by atoms with Gasteiger partial charge in [-0.3, -0.25) is 14.4 Å². The van der Waals surface area contributed by atoms with Crippen molar-refractivity contribution in [3.05, 3.63) is 0 Å². The lowest BCUT2D eigenvalue weighted by molar-refractivity contribution is -0.171. The van der Waals surface area contributed by atoms with E-state index in [2.05, 4.69) is 11.2 Å². The SMILES string of the molecule is C#CCC(NC(C)(C)C)C(=O)N(C)OC.O=CO. The zero-order chi connectivity index (χ0) is 14.8. The quantitative estimate of drug-likeness (QED) is 0.436. The maximum absolute atomic E-state index is 11.8. The van der Waals surface area contributed by atoms with Crippen molar-refractivity contribution in [3.63, 3.8) is 0 Å². The lowest BCUT2D eigenvalue weighted by Gasteiger charge is -2.28. The van der Waals surface area contributed by atoms with E-state index in [9.17, 15) is 4.79 Å². The van der Waals surface area contributed by atoms with Crippen LogP contribution in [0.1, 0.15) is 27.2 Å². The van der Waals surface area contributed by atoms with E-state index in [1.165, 1.54) is 12.2 Å². The van der Waals surface area contributed by atoms with Gasteiger partial charge in [0.15, 0.2) is 0 Å². The zero-order valence-electron chi connectivity index (χ0n) is 11.6. The van der Waals surface area contributed by atoms with E-state index in [1.54, 1.807) is 7.05 Å². The summed E-state index contributed by atoms with van der Waals surface area (Å²) in [6.45, 7) is 5.70. The van der Waals surface area contributed by atoms with E-state index in [-0.39, 0.29) is 17.9 Å². The van der Waals surface area contributed by atoms with Gasteiger partial charge >= 0.3 is 0 Å². The molecule has 0 bridgehead atoms. The van der Waals surface area contributed by atoms with Gasteiger partial charge in [-0.25, -0.2) is 5.06 Å². The van der Waals surface area contributed by atoms with E-state index in [0.717, 1.165) is 0 Å². The number of hydrogen-bond donors (Lipinski definition) is 2. The molecule has 1 amide bonds. The van der Waals surface area contributed by atoms with Crippen molar-refractivity contribution in [2.45, 2.75) is 38.8 Å². The number of rotatable bonds is 4. The van der Waals surface area contributed by atoms with Crippen LogP contribution in [-0.2, 0) is 14.4 Å². The van der Waals surface area contributed by atoms with Crippen LogP contribution < -0.4 is 5.32 Å². The Kier molecular flexibility index (Phi) is 9.86. The molecule has 0 aliphatic carbocycles. The first-order valence-electron chi connectivity index (χ1n) is 5.34. The molecule has 0 saturated carbocycles. The van der Waals surface area contributed by atoms with Gasteiger partial charge in [-0.15, -0.1) is 12.3 Å². The minimum Gasteiger partial charge on any atom is -0.483 e. The number of hydrogen-bond acceptors (Lipinski definition) is 4. The second kappa shape index (κ2) is 9.45. The predicted octanol–water partition coefficient (Wildman–Crippen LogP) is 0.487. The molecule has 1 atom stereocenters. The number of likely N-dealkylation sites (N-methyl/N-ethyl adjacent to an activating group) is 1. The molecule has 0 spiro atoms. The fourth-order valence-corrected chi connectivity index (χ4v) is 1.15. The van der Waals surface area contributed by atoms with E-state index >= 15 is 0 Å². The fraction of sp³-hybridized carbons (Fsp3) is 0.667. The van der Waals surface area contributed by atoms with Gasteiger partial charge in [-0.2, -0.15) is 0 Å². The minimum atomic E-state index is -0.403. The molecular weight excluding hydrogens is 236 g/mol. The van der Waals surface area contributed by atoms with Crippen LogP contribution >= 0.6 is 0 Å². The summed E-state index contributed by atoms with van der Waals surface area (Å²) < 4.78 is 0. The Hall–Kier alpha value is -1.58. The average Bonchev–Trinajstić information content (AvgIpc) is 2.26. The van der Waals surface area contributed by atoms with Gasteiger partial charge in [0, 0.05) is 19.0 Å². The summed E-state index contributed by atoms with van der Waals surface area (Å²) in [7, 11) is 3.01. The number of nitrogens with one attached hydrogen (secondary N) is 1. The molecule has 0 aliphatic rings. The Labute approximate surface area is 108 Å². The number of terminal acetylenes is 1. The van der Waals surface area contributed by atoms with Gasteiger partial charge in [0.1, 0.15) is 6.04 Å². The van der Waals surface area contributed by atoms with Gasteiger partial charge in [0.05, 0.1) is 7.11 Å². The summed E-state index contributed by atoms with van der Waals surface area (Å²) >= 11 is 0. The van der Waals surface area contributed by atoms with Crippen molar-refractivity contribution < 1.29 is 19.5 Å². The molecule has 1 unspecified atom stereocenters. The van der Waals surface area contributed by atoms with Gasteiger partial charge in [-0.05, 0) is 20.8 Å². The average molecular weight is 258 g/mol. The second-order valence-electron chi connectivity index (χ2n) is 4.48. The Balaban J connectivity index is 0. The van der Waals surface area contributed by atoms with Crippen LogP contribution in [0.3, 0.4) is 0 Å². The molecule has 0 aromatic rings. The minimum absolute atomic E-state index is 0.161. The highest BCUT2D eigenvalue weighted by Gasteiger charge is 2.25. The number of amides is 1. The highest BCUT2D eigenvalue weighted by Crippen LogP contribution is 2.06. The van der Waals surface area contributed by atoms with Crippen molar-refractivity contribution in [1.82, 2.24) is 10.4 Å². The van der Waals surface area contributed by atoms with E-state index in [0.29, 0.717) is 6.42 Å². The van der Waals surface area contributed by atoms with Gasteiger partial charge < -0.3 is 10.4 Å². The smallest absolute Gasteiger partial charge is 0.290 e. The molecule has 0 saturated heterocycles. The van der Waals surface area contributed by atoms with Crippen LogP contribution in [0.2, 0.25) is 0 Å². The van der Waals surface area contributed by atoms with Crippen LogP contribution in [-0.4, -0.2) is 48.3 Å². The molecule has 0 aromatic heterocycles. The van der Waals surface area contributed by atoms with E-state index < -0.39 is 6.04 Å². The van der Waals surface area contributed by atoms with Crippen LogP contribution in [0.5, 0.6) is 0 Å². The van der Waals surface area contributed by atoms with Crippen LogP contribution in [0, 0.1) is 12.3 Å². The molecule has 18 heavy (non-hydrogen) atoms. The Morgan fingerprint density at radius 3 is 2.33 bits per heavy atom. The summed E-state index contributed by atoms with van der Waals surface area (Å²) in [5, 5.41) is 11.2. The summed E-state index contributed by atoms with van der Waals surface area (Å²) in [6.07, 6.45) is 5.58. The van der Waals surface area contributed by atoms with Gasteiger partial charge in [-0.1, -0.05) is 0 Å². The second-order valence-corrected chi connectivity index (χ2v) is 4.48. The van der Waals surface area contributed by atoms with Crippen molar-refractivity contribution in [2.75, 3.05) is 14.2 Å². The molecule has 2 N–H and O–H groups in total. The molecule has 0 aromatic carbocycles. The molecule has 104 valence electrons. The third kappa shape index (κ3) is 9.63. The zero-order valence-corrected chi connectivity index (χ0v) is 11.6.